The second kappa shape index (κ2) is 6.99. The summed E-state index contributed by atoms with van der Waals surface area (Å²) >= 11 is 0. The summed E-state index contributed by atoms with van der Waals surface area (Å²) < 4.78 is 5.34. The third kappa shape index (κ3) is 4.90. The van der Waals surface area contributed by atoms with Crippen LogP contribution in [0, 0.1) is 0 Å². The molecule has 0 spiro atoms. The lowest BCUT2D eigenvalue weighted by Crippen LogP contribution is -2.34. The van der Waals surface area contributed by atoms with Crippen molar-refractivity contribution in [3.05, 3.63) is 23.4 Å². The summed E-state index contributed by atoms with van der Waals surface area (Å²) in [5.74, 6) is 1.03. The van der Waals surface area contributed by atoms with Crippen LogP contribution in [0.2, 0.25) is 0 Å². The van der Waals surface area contributed by atoms with Crippen LogP contribution in [0.4, 0.5) is 10.6 Å². The monoisotopic (exact) mass is 305 g/mol. The molecule has 2 rings (SSSR count). The average Bonchev–Trinajstić information content (AvgIpc) is 2.45. The number of fused-ring (bicyclic) bond motifs is 1. The lowest BCUT2D eigenvalue weighted by Gasteiger charge is -2.24. The van der Waals surface area contributed by atoms with Gasteiger partial charge in [0.05, 0.1) is 0 Å². The van der Waals surface area contributed by atoms with Crippen molar-refractivity contribution < 1.29 is 9.53 Å². The van der Waals surface area contributed by atoms with Crippen LogP contribution in [0.15, 0.2) is 12.1 Å². The molecule has 1 aromatic rings. The van der Waals surface area contributed by atoms with E-state index in [2.05, 4.69) is 22.4 Å². The van der Waals surface area contributed by atoms with Crippen molar-refractivity contribution in [1.29, 1.82) is 0 Å². The Morgan fingerprint density at radius 1 is 1.41 bits per heavy atom. The molecule has 0 fully saturated rings. The molecule has 0 saturated heterocycles. The predicted molar refractivity (Wildman–Crippen MR) is 88.2 cm³/mol. The number of amides is 1. The number of hydrogen-bond donors (Lipinski definition) is 1. The molecule has 1 aliphatic rings. The molecule has 5 heteroatoms. The topological polar surface area (TPSA) is 54.5 Å². The maximum Gasteiger partial charge on any atom is 0.410 e. The van der Waals surface area contributed by atoms with Gasteiger partial charge in [0, 0.05) is 25.8 Å². The van der Waals surface area contributed by atoms with Crippen LogP contribution < -0.4 is 5.32 Å². The zero-order valence-corrected chi connectivity index (χ0v) is 14.1. The van der Waals surface area contributed by atoms with E-state index in [0.717, 1.165) is 37.3 Å². The van der Waals surface area contributed by atoms with Gasteiger partial charge < -0.3 is 15.0 Å². The number of aryl methyl sites for hydroxylation is 2. The van der Waals surface area contributed by atoms with E-state index in [4.69, 9.17) is 4.74 Å². The highest BCUT2D eigenvalue weighted by molar-refractivity contribution is 5.67. The maximum atomic E-state index is 11.9. The van der Waals surface area contributed by atoms with Gasteiger partial charge in [-0.1, -0.05) is 6.07 Å². The number of anilines is 1. The first kappa shape index (κ1) is 16.6. The molecule has 1 aromatic heterocycles. The van der Waals surface area contributed by atoms with E-state index in [0.29, 0.717) is 6.54 Å². The van der Waals surface area contributed by atoms with Gasteiger partial charge in [0.25, 0.3) is 0 Å². The minimum Gasteiger partial charge on any atom is -0.444 e. The van der Waals surface area contributed by atoms with Crippen LogP contribution in [0.1, 0.15) is 44.9 Å². The summed E-state index contributed by atoms with van der Waals surface area (Å²) in [5, 5.41) is 3.35. The Bertz CT molecular complexity index is 523. The molecule has 0 saturated carbocycles. The van der Waals surface area contributed by atoms with Crippen molar-refractivity contribution in [1.82, 2.24) is 9.88 Å². The number of aromatic nitrogens is 1. The normalized spacial score (nSPS) is 14.0. The van der Waals surface area contributed by atoms with Crippen molar-refractivity contribution >= 4 is 11.9 Å². The van der Waals surface area contributed by atoms with Crippen molar-refractivity contribution in [2.24, 2.45) is 0 Å². The molecule has 1 amide bonds. The van der Waals surface area contributed by atoms with Gasteiger partial charge in [-0.2, -0.15) is 0 Å². The third-order valence-corrected chi connectivity index (χ3v) is 3.58. The number of rotatable bonds is 4. The van der Waals surface area contributed by atoms with Crippen LogP contribution >= 0.6 is 0 Å². The molecule has 1 aliphatic heterocycles. The molecule has 0 unspecified atom stereocenters. The fourth-order valence-electron chi connectivity index (χ4n) is 2.44. The Morgan fingerprint density at radius 2 is 2.18 bits per heavy atom. The van der Waals surface area contributed by atoms with Crippen molar-refractivity contribution in [3.63, 3.8) is 0 Å². The van der Waals surface area contributed by atoms with Crippen LogP contribution in [0.5, 0.6) is 0 Å². The summed E-state index contributed by atoms with van der Waals surface area (Å²) in [6.07, 6.45) is 3.75. The molecule has 0 bridgehead atoms. The smallest absolute Gasteiger partial charge is 0.410 e. The van der Waals surface area contributed by atoms with Crippen molar-refractivity contribution in [2.75, 3.05) is 25.5 Å². The highest BCUT2D eigenvalue weighted by atomic mass is 16.6. The van der Waals surface area contributed by atoms with E-state index >= 15 is 0 Å². The van der Waals surface area contributed by atoms with Crippen LogP contribution in [-0.4, -0.2) is 41.7 Å². The van der Waals surface area contributed by atoms with Crippen LogP contribution in [-0.2, 0) is 17.6 Å². The standard InChI is InChI=1S/C17H27N3O2/c1-17(2,3)22-16(21)20(4)12-6-8-14-10-9-13-7-5-11-18-15(13)19-14/h9-10H,5-8,11-12H2,1-4H3,(H,18,19). The van der Waals surface area contributed by atoms with Gasteiger partial charge in [0.2, 0.25) is 0 Å². The van der Waals surface area contributed by atoms with E-state index in [1.54, 1.807) is 11.9 Å². The molecule has 0 aromatic carbocycles. The van der Waals surface area contributed by atoms with Gasteiger partial charge in [0.1, 0.15) is 11.4 Å². The van der Waals surface area contributed by atoms with E-state index in [9.17, 15) is 4.79 Å². The maximum absolute atomic E-state index is 11.9. The number of nitrogens with zero attached hydrogens (tertiary/aromatic N) is 2. The Hall–Kier alpha value is -1.78. The van der Waals surface area contributed by atoms with Gasteiger partial charge in [-0.05, 0) is 58.1 Å². The number of carbonyl (C=O) groups excluding carboxylic acids is 1. The van der Waals surface area contributed by atoms with E-state index < -0.39 is 5.60 Å². The van der Waals surface area contributed by atoms with Gasteiger partial charge in [-0.25, -0.2) is 9.78 Å². The Kier molecular flexibility index (Phi) is 5.27. The second-order valence-corrected chi connectivity index (χ2v) is 6.85. The first-order valence-electron chi connectivity index (χ1n) is 8.02. The second-order valence-electron chi connectivity index (χ2n) is 6.85. The minimum absolute atomic E-state index is 0.271. The van der Waals surface area contributed by atoms with E-state index in [1.165, 1.54) is 12.0 Å². The number of nitrogens with one attached hydrogen (secondary N) is 1. The Balaban J connectivity index is 1.80. The summed E-state index contributed by atoms with van der Waals surface area (Å²) in [5.41, 5.74) is 1.93. The first-order chi connectivity index (χ1) is 10.3. The lowest BCUT2D eigenvalue weighted by atomic mass is 10.1. The minimum atomic E-state index is -0.447. The van der Waals surface area contributed by atoms with Crippen molar-refractivity contribution in [3.8, 4) is 0 Å². The summed E-state index contributed by atoms with van der Waals surface area (Å²) in [6.45, 7) is 7.31. The summed E-state index contributed by atoms with van der Waals surface area (Å²) in [4.78, 5) is 18.2. The largest absolute Gasteiger partial charge is 0.444 e. The molecule has 0 atom stereocenters. The molecule has 122 valence electrons. The lowest BCUT2D eigenvalue weighted by molar-refractivity contribution is 0.0297. The van der Waals surface area contributed by atoms with E-state index in [-0.39, 0.29) is 6.09 Å². The van der Waals surface area contributed by atoms with Gasteiger partial charge in [0.15, 0.2) is 0 Å². The van der Waals surface area contributed by atoms with Gasteiger partial charge >= 0.3 is 6.09 Å². The molecule has 22 heavy (non-hydrogen) atoms. The van der Waals surface area contributed by atoms with E-state index in [1.807, 2.05) is 20.8 Å². The SMILES string of the molecule is CN(CCCc1ccc2c(n1)NCCC2)C(=O)OC(C)(C)C. The number of hydrogen-bond acceptors (Lipinski definition) is 4. The highest BCUT2D eigenvalue weighted by Gasteiger charge is 2.19. The predicted octanol–water partition coefficient (Wildman–Crippen LogP) is 3.24. The highest BCUT2D eigenvalue weighted by Crippen LogP contribution is 2.20. The first-order valence-corrected chi connectivity index (χ1v) is 8.02. The zero-order chi connectivity index (χ0) is 16.2. The molecular weight excluding hydrogens is 278 g/mol. The zero-order valence-electron chi connectivity index (χ0n) is 14.1. The Labute approximate surface area is 133 Å². The van der Waals surface area contributed by atoms with Gasteiger partial charge in [-0.3, -0.25) is 0 Å². The summed E-state index contributed by atoms with van der Waals surface area (Å²) in [6, 6.07) is 4.26. The van der Waals surface area contributed by atoms with Crippen molar-refractivity contribution in [2.45, 2.75) is 52.1 Å². The Morgan fingerprint density at radius 3 is 2.91 bits per heavy atom. The average molecular weight is 305 g/mol. The van der Waals surface area contributed by atoms with Gasteiger partial charge in [-0.15, -0.1) is 0 Å². The molecule has 0 radical (unpaired) electrons. The number of pyridine rings is 1. The number of carbonyl (C=O) groups is 1. The number of ether oxygens (including phenoxy) is 1. The molecule has 5 nitrogen and oxygen atoms in total. The molecular formula is C17H27N3O2. The molecule has 2 heterocycles. The molecule has 0 aliphatic carbocycles. The summed E-state index contributed by atoms with van der Waals surface area (Å²) in [7, 11) is 1.77. The quantitative estimate of drug-likeness (QED) is 0.928. The molecule has 1 N–H and O–H groups in total. The van der Waals surface area contributed by atoms with Crippen LogP contribution in [0.3, 0.4) is 0 Å². The van der Waals surface area contributed by atoms with Crippen LogP contribution in [0.25, 0.3) is 0 Å². The third-order valence-electron chi connectivity index (χ3n) is 3.58. The fraction of sp³-hybridized carbons (Fsp3) is 0.647. The fourth-order valence-corrected chi connectivity index (χ4v) is 2.44.